The molecule has 0 spiro atoms. The average molecular weight is 236 g/mol. The van der Waals surface area contributed by atoms with Gasteiger partial charge in [0.2, 0.25) is 5.91 Å². The monoisotopic (exact) mass is 236 g/mol. The number of nitrogens with zero attached hydrogens (tertiary/aromatic N) is 1. The van der Waals surface area contributed by atoms with Gasteiger partial charge in [0, 0.05) is 24.5 Å². The minimum absolute atomic E-state index is 0.222. The standard InChI is InChI=1S/C12H16N2OS/c15-12(9-1-4-13-7-9)14-5-2-11-10(8-14)3-6-16-11/h3,6,9,13H,1-2,4-5,7-8H2/t9-/m0/s1. The molecule has 1 aromatic heterocycles. The zero-order chi connectivity index (χ0) is 11.0. The highest BCUT2D eigenvalue weighted by Gasteiger charge is 2.29. The van der Waals surface area contributed by atoms with E-state index in [0.29, 0.717) is 5.91 Å². The van der Waals surface area contributed by atoms with E-state index in [0.717, 1.165) is 39.0 Å². The molecule has 1 saturated heterocycles. The van der Waals surface area contributed by atoms with Crippen LogP contribution in [-0.2, 0) is 17.8 Å². The third-order valence-electron chi connectivity index (χ3n) is 3.53. The predicted molar refractivity (Wildman–Crippen MR) is 64.4 cm³/mol. The third kappa shape index (κ3) is 1.76. The van der Waals surface area contributed by atoms with Crippen LogP contribution in [0.15, 0.2) is 11.4 Å². The van der Waals surface area contributed by atoms with Crippen LogP contribution in [0, 0.1) is 5.92 Å². The minimum atomic E-state index is 0.222. The molecule has 0 aliphatic carbocycles. The second kappa shape index (κ2) is 4.18. The molecule has 3 heterocycles. The van der Waals surface area contributed by atoms with Gasteiger partial charge in [0.1, 0.15) is 0 Å². The summed E-state index contributed by atoms with van der Waals surface area (Å²) in [5, 5.41) is 5.40. The number of nitrogens with one attached hydrogen (secondary N) is 1. The molecule has 1 fully saturated rings. The van der Waals surface area contributed by atoms with Crippen LogP contribution in [0.3, 0.4) is 0 Å². The lowest BCUT2D eigenvalue weighted by molar-refractivity contribution is -0.135. The summed E-state index contributed by atoms with van der Waals surface area (Å²) in [5.74, 6) is 0.571. The van der Waals surface area contributed by atoms with Gasteiger partial charge >= 0.3 is 0 Å². The highest BCUT2D eigenvalue weighted by Crippen LogP contribution is 2.25. The molecule has 2 aliphatic rings. The first-order valence-corrected chi connectivity index (χ1v) is 6.77. The Labute approximate surface area is 99.5 Å². The second-order valence-corrected chi connectivity index (χ2v) is 5.57. The Bertz CT molecular complexity index is 395. The van der Waals surface area contributed by atoms with Crippen LogP contribution in [0.25, 0.3) is 0 Å². The number of thiophene rings is 1. The zero-order valence-corrected chi connectivity index (χ0v) is 10.1. The fraction of sp³-hybridized carbons (Fsp3) is 0.583. The van der Waals surface area contributed by atoms with Crippen molar-refractivity contribution in [3.63, 3.8) is 0 Å². The van der Waals surface area contributed by atoms with Gasteiger partial charge in [0.05, 0.1) is 5.92 Å². The summed E-state index contributed by atoms with van der Waals surface area (Å²) in [6, 6.07) is 2.16. The normalized spacial score (nSPS) is 24.5. The third-order valence-corrected chi connectivity index (χ3v) is 4.55. The highest BCUT2D eigenvalue weighted by atomic mass is 32.1. The van der Waals surface area contributed by atoms with Crippen LogP contribution in [0.4, 0.5) is 0 Å². The first-order valence-electron chi connectivity index (χ1n) is 5.89. The van der Waals surface area contributed by atoms with Gasteiger partial charge in [-0.25, -0.2) is 0 Å². The molecule has 1 amide bonds. The predicted octanol–water partition coefficient (Wildman–Crippen LogP) is 1.24. The molecule has 1 atom stereocenters. The molecule has 1 N–H and O–H groups in total. The molecular formula is C12H16N2OS. The molecule has 16 heavy (non-hydrogen) atoms. The van der Waals surface area contributed by atoms with Crippen LogP contribution < -0.4 is 5.32 Å². The van der Waals surface area contributed by atoms with Crippen molar-refractivity contribution in [3.8, 4) is 0 Å². The lowest BCUT2D eigenvalue weighted by Gasteiger charge is -2.29. The van der Waals surface area contributed by atoms with Crippen molar-refractivity contribution in [2.24, 2.45) is 5.92 Å². The van der Waals surface area contributed by atoms with Gasteiger partial charge < -0.3 is 10.2 Å². The number of amides is 1. The van der Waals surface area contributed by atoms with Crippen molar-refractivity contribution in [1.29, 1.82) is 0 Å². The van der Waals surface area contributed by atoms with Crippen LogP contribution in [0.5, 0.6) is 0 Å². The Morgan fingerprint density at radius 2 is 2.50 bits per heavy atom. The topological polar surface area (TPSA) is 32.3 Å². The largest absolute Gasteiger partial charge is 0.338 e. The lowest BCUT2D eigenvalue weighted by Crippen LogP contribution is -2.39. The summed E-state index contributed by atoms with van der Waals surface area (Å²) in [4.78, 5) is 15.7. The molecule has 0 bridgehead atoms. The summed E-state index contributed by atoms with van der Waals surface area (Å²) >= 11 is 1.82. The van der Waals surface area contributed by atoms with E-state index in [4.69, 9.17) is 0 Å². The first-order chi connectivity index (χ1) is 7.84. The van der Waals surface area contributed by atoms with Crippen molar-refractivity contribution in [1.82, 2.24) is 10.2 Å². The van der Waals surface area contributed by atoms with Crippen molar-refractivity contribution in [2.75, 3.05) is 19.6 Å². The second-order valence-electron chi connectivity index (χ2n) is 4.57. The summed E-state index contributed by atoms with van der Waals surface area (Å²) in [5.41, 5.74) is 1.36. The average Bonchev–Trinajstić information content (AvgIpc) is 2.98. The van der Waals surface area contributed by atoms with Gasteiger partial charge in [0.15, 0.2) is 0 Å². The van der Waals surface area contributed by atoms with Gasteiger partial charge in [-0.05, 0) is 36.4 Å². The van der Waals surface area contributed by atoms with Crippen LogP contribution in [0.2, 0.25) is 0 Å². The summed E-state index contributed by atoms with van der Waals surface area (Å²) in [6.07, 6.45) is 2.05. The molecule has 3 nitrogen and oxygen atoms in total. The number of hydrogen-bond donors (Lipinski definition) is 1. The van der Waals surface area contributed by atoms with E-state index in [2.05, 4.69) is 16.8 Å². The Balaban J connectivity index is 1.71. The Hall–Kier alpha value is -0.870. The molecule has 2 aliphatic heterocycles. The number of carbonyl (C=O) groups excluding carboxylic acids is 1. The number of rotatable bonds is 1. The maximum atomic E-state index is 12.2. The van der Waals surface area contributed by atoms with Gasteiger partial charge in [-0.15, -0.1) is 11.3 Å². The minimum Gasteiger partial charge on any atom is -0.338 e. The summed E-state index contributed by atoms with van der Waals surface area (Å²) in [7, 11) is 0. The number of fused-ring (bicyclic) bond motifs is 1. The van der Waals surface area contributed by atoms with Gasteiger partial charge in [-0.2, -0.15) is 0 Å². The van der Waals surface area contributed by atoms with Gasteiger partial charge in [-0.1, -0.05) is 0 Å². The molecular weight excluding hydrogens is 220 g/mol. The SMILES string of the molecule is O=C([C@H]1CCNC1)N1CCc2sccc2C1. The van der Waals surface area contributed by atoms with E-state index in [1.807, 2.05) is 16.2 Å². The quantitative estimate of drug-likeness (QED) is 0.795. The molecule has 1 aromatic rings. The molecule has 0 unspecified atom stereocenters. The van der Waals surface area contributed by atoms with Crippen LogP contribution >= 0.6 is 11.3 Å². The van der Waals surface area contributed by atoms with Crippen molar-refractivity contribution in [2.45, 2.75) is 19.4 Å². The Morgan fingerprint density at radius 3 is 3.31 bits per heavy atom. The fourth-order valence-electron chi connectivity index (χ4n) is 2.56. The maximum Gasteiger partial charge on any atom is 0.227 e. The molecule has 0 aromatic carbocycles. The van der Waals surface area contributed by atoms with E-state index < -0.39 is 0 Å². The van der Waals surface area contributed by atoms with Crippen molar-refractivity contribution in [3.05, 3.63) is 21.9 Å². The molecule has 0 radical (unpaired) electrons. The van der Waals surface area contributed by atoms with Crippen LogP contribution in [-0.4, -0.2) is 30.4 Å². The summed E-state index contributed by atoms with van der Waals surface area (Å²) < 4.78 is 0. The van der Waals surface area contributed by atoms with Crippen molar-refractivity contribution >= 4 is 17.2 Å². The summed E-state index contributed by atoms with van der Waals surface area (Å²) in [6.45, 7) is 3.59. The molecule has 86 valence electrons. The van der Waals surface area contributed by atoms with Crippen LogP contribution in [0.1, 0.15) is 16.9 Å². The van der Waals surface area contributed by atoms with E-state index in [1.54, 1.807) is 0 Å². The van der Waals surface area contributed by atoms with E-state index in [1.165, 1.54) is 10.4 Å². The molecule has 4 heteroatoms. The van der Waals surface area contributed by atoms with Gasteiger partial charge in [-0.3, -0.25) is 4.79 Å². The fourth-order valence-corrected chi connectivity index (χ4v) is 3.45. The number of hydrogen-bond acceptors (Lipinski definition) is 3. The molecule has 0 saturated carbocycles. The van der Waals surface area contributed by atoms with E-state index >= 15 is 0 Å². The van der Waals surface area contributed by atoms with Gasteiger partial charge in [0.25, 0.3) is 0 Å². The van der Waals surface area contributed by atoms with Crippen molar-refractivity contribution < 1.29 is 4.79 Å². The highest BCUT2D eigenvalue weighted by molar-refractivity contribution is 7.10. The maximum absolute atomic E-state index is 12.2. The van der Waals surface area contributed by atoms with E-state index in [9.17, 15) is 4.79 Å². The lowest BCUT2D eigenvalue weighted by atomic mass is 10.0. The smallest absolute Gasteiger partial charge is 0.227 e. The first kappa shape index (κ1) is 10.3. The Morgan fingerprint density at radius 1 is 1.56 bits per heavy atom. The Kier molecular flexibility index (Phi) is 2.69. The zero-order valence-electron chi connectivity index (χ0n) is 9.24. The number of carbonyl (C=O) groups is 1. The van der Waals surface area contributed by atoms with E-state index in [-0.39, 0.29) is 5.92 Å². The molecule has 3 rings (SSSR count).